The summed E-state index contributed by atoms with van der Waals surface area (Å²) in [5, 5.41) is 12.0. The number of carbonyl (C=O) groups is 1. The largest absolute Gasteiger partial charge is 0.491 e. The molecule has 1 amide bonds. The third kappa shape index (κ3) is 4.27. The summed E-state index contributed by atoms with van der Waals surface area (Å²) in [6.07, 6.45) is 0.987. The van der Waals surface area contributed by atoms with E-state index in [0.717, 1.165) is 6.42 Å². The maximum absolute atomic E-state index is 12.0. The molecule has 0 heterocycles. The van der Waals surface area contributed by atoms with Crippen molar-refractivity contribution < 1.29 is 9.53 Å². The molecule has 0 bridgehead atoms. The first kappa shape index (κ1) is 16.0. The Labute approximate surface area is 120 Å². The molecule has 0 saturated heterocycles. The molecule has 1 N–H and O–H groups in total. The van der Waals surface area contributed by atoms with E-state index in [1.165, 1.54) is 0 Å². The molecular formula is C16H22N2O2. The van der Waals surface area contributed by atoms with Crippen molar-refractivity contribution in [2.24, 2.45) is 5.41 Å². The van der Waals surface area contributed by atoms with Gasteiger partial charge in [-0.05, 0) is 25.5 Å². The predicted molar refractivity (Wildman–Crippen MR) is 79.6 cm³/mol. The SMILES string of the molecule is CC[C@H](C)Oc1ccc(NC(=O)C(C)(C)C)c(C#N)c1. The molecule has 0 radical (unpaired) electrons. The summed E-state index contributed by atoms with van der Waals surface area (Å²) < 4.78 is 5.67. The maximum atomic E-state index is 12.0. The van der Waals surface area contributed by atoms with E-state index in [9.17, 15) is 10.1 Å². The van der Waals surface area contributed by atoms with Gasteiger partial charge >= 0.3 is 0 Å². The molecule has 0 spiro atoms. The van der Waals surface area contributed by atoms with Crippen molar-refractivity contribution in [1.29, 1.82) is 5.26 Å². The van der Waals surface area contributed by atoms with Crippen molar-refractivity contribution in [2.45, 2.75) is 47.1 Å². The number of nitriles is 1. The van der Waals surface area contributed by atoms with Gasteiger partial charge in [0.05, 0.1) is 17.4 Å². The highest BCUT2D eigenvalue weighted by Gasteiger charge is 2.22. The van der Waals surface area contributed by atoms with Crippen molar-refractivity contribution in [3.05, 3.63) is 23.8 Å². The zero-order valence-corrected chi connectivity index (χ0v) is 12.8. The summed E-state index contributed by atoms with van der Waals surface area (Å²) in [6.45, 7) is 9.49. The Bertz CT molecular complexity index is 524. The van der Waals surface area contributed by atoms with Gasteiger partial charge in [0.2, 0.25) is 5.91 Å². The summed E-state index contributed by atoms with van der Waals surface area (Å²) in [4.78, 5) is 12.0. The number of rotatable bonds is 4. The molecule has 4 nitrogen and oxygen atoms in total. The molecule has 4 heteroatoms. The lowest BCUT2D eigenvalue weighted by Crippen LogP contribution is -2.28. The number of anilines is 1. The topological polar surface area (TPSA) is 62.1 Å². The van der Waals surface area contributed by atoms with Crippen LogP contribution < -0.4 is 10.1 Å². The van der Waals surface area contributed by atoms with Crippen LogP contribution in [0.25, 0.3) is 0 Å². The highest BCUT2D eigenvalue weighted by Crippen LogP contribution is 2.25. The number of carbonyl (C=O) groups excluding carboxylic acids is 1. The molecule has 1 aromatic carbocycles. The summed E-state index contributed by atoms with van der Waals surface area (Å²) in [5.74, 6) is 0.522. The van der Waals surface area contributed by atoms with E-state index in [1.807, 2.05) is 34.6 Å². The van der Waals surface area contributed by atoms with Crippen LogP contribution in [0.2, 0.25) is 0 Å². The van der Waals surface area contributed by atoms with Crippen LogP contribution in [0, 0.1) is 16.7 Å². The molecule has 0 saturated carbocycles. The first-order valence-corrected chi connectivity index (χ1v) is 6.80. The molecule has 108 valence electrons. The fourth-order valence-electron chi connectivity index (χ4n) is 1.42. The maximum Gasteiger partial charge on any atom is 0.229 e. The van der Waals surface area contributed by atoms with Crippen LogP contribution in [-0.2, 0) is 4.79 Å². The van der Waals surface area contributed by atoms with E-state index in [1.54, 1.807) is 18.2 Å². The van der Waals surface area contributed by atoms with Crippen molar-refractivity contribution in [2.75, 3.05) is 5.32 Å². The van der Waals surface area contributed by atoms with Gasteiger partial charge in [0.25, 0.3) is 0 Å². The monoisotopic (exact) mass is 274 g/mol. The average molecular weight is 274 g/mol. The second-order valence-electron chi connectivity index (χ2n) is 5.86. The minimum Gasteiger partial charge on any atom is -0.491 e. The Morgan fingerprint density at radius 2 is 2.10 bits per heavy atom. The highest BCUT2D eigenvalue weighted by molar-refractivity contribution is 5.95. The lowest BCUT2D eigenvalue weighted by molar-refractivity contribution is -0.123. The van der Waals surface area contributed by atoms with Crippen LogP contribution in [0.15, 0.2) is 18.2 Å². The molecule has 0 aromatic heterocycles. The quantitative estimate of drug-likeness (QED) is 0.910. The van der Waals surface area contributed by atoms with E-state index < -0.39 is 5.41 Å². The zero-order chi connectivity index (χ0) is 15.3. The van der Waals surface area contributed by atoms with Crippen LogP contribution >= 0.6 is 0 Å². The van der Waals surface area contributed by atoms with E-state index >= 15 is 0 Å². The smallest absolute Gasteiger partial charge is 0.229 e. The summed E-state index contributed by atoms with van der Waals surface area (Å²) >= 11 is 0. The minimum atomic E-state index is -0.501. The second-order valence-corrected chi connectivity index (χ2v) is 5.86. The second kappa shape index (κ2) is 6.42. The summed E-state index contributed by atoms with van der Waals surface area (Å²) in [6, 6.07) is 7.22. The number of hydrogen-bond donors (Lipinski definition) is 1. The molecule has 0 aliphatic heterocycles. The summed E-state index contributed by atoms with van der Waals surface area (Å²) in [5.41, 5.74) is 0.422. The van der Waals surface area contributed by atoms with Crippen molar-refractivity contribution in [3.8, 4) is 11.8 Å². The molecule has 0 fully saturated rings. The van der Waals surface area contributed by atoms with Crippen molar-refractivity contribution in [3.63, 3.8) is 0 Å². The van der Waals surface area contributed by atoms with Crippen molar-refractivity contribution in [1.82, 2.24) is 0 Å². The standard InChI is InChI=1S/C16H22N2O2/c1-6-11(2)20-13-7-8-14(12(9-13)10-17)18-15(19)16(3,4)5/h7-9,11H,6H2,1-5H3,(H,18,19)/t11-/m0/s1. The van der Waals surface area contributed by atoms with Gasteiger partial charge in [0.15, 0.2) is 0 Å². The number of hydrogen-bond acceptors (Lipinski definition) is 3. The Hall–Kier alpha value is -2.02. The van der Waals surface area contributed by atoms with Crippen LogP contribution in [0.3, 0.4) is 0 Å². The van der Waals surface area contributed by atoms with Gasteiger partial charge in [-0.15, -0.1) is 0 Å². The fourth-order valence-corrected chi connectivity index (χ4v) is 1.42. The number of nitrogens with zero attached hydrogens (tertiary/aromatic N) is 1. The van der Waals surface area contributed by atoms with Crippen LogP contribution in [0.5, 0.6) is 5.75 Å². The van der Waals surface area contributed by atoms with Crippen LogP contribution in [0.1, 0.15) is 46.6 Å². The fraction of sp³-hybridized carbons (Fsp3) is 0.500. The molecule has 0 unspecified atom stereocenters. The highest BCUT2D eigenvalue weighted by atomic mass is 16.5. The Morgan fingerprint density at radius 1 is 1.45 bits per heavy atom. The van der Waals surface area contributed by atoms with Crippen LogP contribution in [-0.4, -0.2) is 12.0 Å². The van der Waals surface area contributed by atoms with Crippen molar-refractivity contribution >= 4 is 11.6 Å². The lowest BCUT2D eigenvalue weighted by atomic mass is 9.95. The van der Waals surface area contributed by atoms with Gasteiger partial charge in [-0.1, -0.05) is 27.7 Å². The molecule has 20 heavy (non-hydrogen) atoms. The first-order valence-electron chi connectivity index (χ1n) is 6.80. The zero-order valence-electron chi connectivity index (χ0n) is 12.8. The van der Waals surface area contributed by atoms with Gasteiger partial charge in [-0.2, -0.15) is 5.26 Å². The number of amides is 1. The number of benzene rings is 1. The number of nitrogens with one attached hydrogen (secondary N) is 1. The molecule has 0 aliphatic carbocycles. The Kier molecular flexibility index (Phi) is 5.15. The van der Waals surface area contributed by atoms with Crippen LogP contribution in [0.4, 0.5) is 5.69 Å². The van der Waals surface area contributed by atoms with Gasteiger partial charge < -0.3 is 10.1 Å². The molecule has 1 aromatic rings. The molecule has 1 rings (SSSR count). The van der Waals surface area contributed by atoms with E-state index in [0.29, 0.717) is 17.0 Å². The normalized spacial score (nSPS) is 12.4. The molecular weight excluding hydrogens is 252 g/mol. The summed E-state index contributed by atoms with van der Waals surface area (Å²) in [7, 11) is 0. The predicted octanol–water partition coefficient (Wildman–Crippen LogP) is 3.72. The van der Waals surface area contributed by atoms with E-state index in [2.05, 4.69) is 11.4 Å². The Morgan fingerprint density at radius 3 is 2.60 bits per heavy atom. The minimum absolute atomic E-state index is 0.0940. The lowest BCUT2D eigenvalue weighted by Gasteiger charge is -2.19. The van der Waals surface area contributed by atoms with Gasteiger partial charge in [-0.3, -0.25) is 4.79 Å². The first-order chi connectivity index (χ1) is 9.27. The molecule has 1 atom stereocenters. The Balaban J connectivity index is 2.95. The van der Waals surface area contributed by atoms with Gasteiger partial charge in [0.1, 0.15) is 11.8 Å². The third-order valence-electron chi connectivity index (χ3n) is 2.95. The molecule has 0 aliphatic rings. The van der Waals surface area contributed by atoms with E-state index in [-0.39, 0.29) is 12.0 Å². The van der Waals surface area contributed by atoms with Gasteiger partial charge in [-0.25, -0.2) is 0 Å². The van der Waals surface area contributed by atoms with Gasteiger partial charge in [0, 0.05) is 11.5 Å². The third-order valence-corrected chi connectivity index (χ3v) is 2.95. The average Bonchev–Trinajstić information content (AvgIpc) is 2.39. The number of ether oxygens (including phenoxy) is 1. The van der Waals surface area contributed by atoms with E-state index in [4.69, 9.17) is 4.74 Å².